The first-order valence-corrected chi connectivity index (χ1v) is 6.68. The maximum absolute atomic E-state index is 12.1. The van der Waals surface area contributed by atoms with Crippen LogP contribution in [-0.2, 0) is 0 Å². The largest absolute Gasteiger partial charge is 0.293 e. The maximum Gasteiger partial charge on any atom is 0.176 e. The molecule has 7 heteroatoms. The molecule has 0 atom stereocenters. The maximum atomic E-state index is 12.1. The molecule has 0 unspecified atom stereocenters. The molecule has 104 valence electrons. The Morgan fingerprint density at radius 3 is 2.84 bits per heavy atom. The highest BCUT2D eigenvalue weighted by Crippen LogP contribution is 2.22. The Labute approximate surface area is 122 Å². The first-order valence-electron chi connectivity index (χ1n) is 5.92. The second-order valence-corrected chi connectivity index (χ2v) is 5.30. The summed E-state index contributed by atoms with van der Waals surface area (Å²) in [6.07, 6.45) is 0. The van der Waals surface area contributed by atoms with Gasteiger partial charge in [0.05, 0.1) is 36.6 Å². The average molecular weight is 303 g/mol. The van der Waals surface area contributed by atoms with Crippen molar-refractivity contribution in [2.24, 2.45) is 0 Å². The minimum Gasteiger partial charge on any atom is -0.293 e. The number of carbonyl (C=O) groups is 1. The van der Waals surface area contributed by atoms with Crippen molar-refractivity contribution >= 4 is 29.0 Å². The zero-order chi connectivity index (χ0) is 13.8. The van der Waals surface area contributed by atoms with Gasteiger partial charge >= 0.3 is 0 Å². The van der Waals surface area contributed by atoms with Crippen molar-refractivity contribution in [1.82, 2.24) is 20.7 Å². The van der Waals surface area contributed by atoms with Crippen LogP contribution in [0.3, 0.4) is 0 Å². The van der Waals surface area contributed by atoms with Gasteiger partial charge in [0.25, 0.3) is 0 Å². The van der Waals surface area contributed by atoms with Crippen LogP contribution in [0.25, 0.3) is 0 Å². The molecular formula is C12H16Cl2N4O. The van der Waals surface area contributed by atoms with Gasteiger partial charge in [0.15, 0.2) is 5.78 Å². The zero-order valence-electron chi connectivity index (χ0n) is 10.6. The molecule has 1 aliphatic heterocycles. The molecule has 19 heavy (non-hydrogen) atoms. The van der Waals surface area contributed by atoms with Gasteiger partial charge in [-0.2, -0.15) is 0 Å². The second kappa shape index (κ2) is 6.65. The quantitative estimate of drug-likeness (QED) is 0.805. The number of rotatable bonds is 5. The van der Waals surface area contributed by atoms with Crippen LogP contribution in [0.5, 0.6) is 0 Å². The summed E-state index contributed by atoms with van der Waals surface area (Å²) in [4.78, 5) is 14.0. The number of ketones is 1. The highest BCUT2D eigenvalue weighted by Gasteiger charge is 2.15. The van der Waals surface area contributed by atoms with Crippen LogP contribution in [0.1, 0.15) is 10.4 Å². The van der Waals surface area contributed by atoms with Crippen LogP contribution in [-0.4, -0.2) is 49.3 Å². The molecule has 1 fully saturated rings. The van der Waals surface area contributed by atoms with Crippen LogP contribution in [0.2, 0.25) is 10.0 Å². The molecule has 1 aromatic carbocycles. The average Bonchev–Trinajstić information content (AvgIpc) is 2.85. The molecule has 0 aromatic heterocycles. The third-order valence-electron chi connectivity index (χ3n) is 2.80. The summed E-state index contributed by atoms with van der Waals surface area (Å²) in [5.74, 6) is 0.0215. The number of nitrogens with zero attached hydrogens (tertiary/aromatic N) is 2. The number of hydrogen-bond acceptors (Lipinski definition) is 5. The summed E-state index contributed by atoms with van der Waals surface area (Å²) in [6, 6.07) is 4.94. The molecule has 0 aliphatic carbocycles. The normalized spacial score (nSPS) is 16.2. The van der Waals surface area contributed by atoms with Crippen LogP contribution in [0.15, 0.2) is 18.2 Å². The minimum atomic E-state index is 0.0215. The molecule has 0 saturated carbocycles. The Kier molecular flexibility index (Phi) is 5.15. The second-order valence-electron chi connectivity index (χ2n) is 4.49. The van der Waals surface area contributed by atoms with Crippen LogP contribution < -0.4 is 10.7 Å². The van der Waals surface area contributed by atoms with E-state index in [-0.39, 0.29) is 5.78 Å². The predicted octanol–water partition coefficient (Wildman–Crippen LogP) is 1.39. The van der Waals surface area contributed by atoms with Gasteiger partial charge in [0.2, 0.25) is 0 Å². The SMILES string of the molecule is CN(CC(=O)c1ccc(Cl)c(Cl)c1)CN1CNCN1. The number of hydrazine groups is 1. The first-order chi connectivity index (χ1) is 9.06. The van der Waals surface area contributed by atoms with Crippen molar-refractivity contribution in [3.8, 4) is 0 Å². The molecular weight excluding hydrogens is 287 g/mol. The lowest BCUT2D eigenvalue weighted by Crippen LogP contribution is -2.42. The number of likely N-dealkylation sites (N-methyl/N-ethyl adjacent to an activating group) is 1. The summed E-state index contributed by atoms with van der Waals surface area (Å²) in [7, 11) is 1.90. The van der Waals surface area contributed by atoms with E-state index >= 15 is 0 Å². The highest BCUT2D eigenvalue weighted by atomic mass is 35.5. The van der Waals surface area contributed by atoms with E-state index in [2.05, 4.69) is 10.7 Å². The van der Waals surface area contributed by atoms with Gasteiger partial charge in [-0.25, -0.2) is 10.4 Å². The lowest BCUT2D eigenvalue weighted by atomic mass is 10.1. The van der Waals surface area contributed by atoms with Gasteiger partial charge in [0, 0.05) is 5.56 Å². The van der Waals surface area contributed by atoms with E-state index in [1.165, 1.54) is 0 Å². The number of benzene rings is 1. The van der Waals surface area contributed by atoms with Gasteiger partial charge in [0.1, 0.15) is 0 Å². The fraction of sp³-hybridized carbons (Fsp3) is 0.417. The summed E-state index contributed by atoms with van der Waals surface area (Å²) < 4.78 is 0. The lowest BCUT2D eigenvalue weighted by Gasteiger charge is -2.22. The standard InChI is InChI=1S/C12H16Cl2N4O/c1-17(8-18-7-15-6-16-18)5-12(19)9-2-3-10(13)11(14)4-9/h2-4,15-16H,5-8H2,1H3. The molecule has 5 nitrogen and oxygen atoms in total. The fourth-order valence-electron chi connectivity index (χ4n) is 1.86. The minimum absolute atomic E-state index is 0.0215. The Balaban J connectivity index is 1.90. The van der Waals surface area contributed by atoms with Crippen molar-refractivity contribution in [3.63, 3.8) is 0 Å². The van der Waals surface area contributed by atoms with E-state index < -0.39 is 0 Å². The van der Waals surface area contributed by atoms with E-state index in [0.717, 1.165) is 13.3 Å². The van der Waals surface area contributed by atoms with Crippen molar-refractivity contribution < 1.29 is 4.79 Å². The first kappa shape index (κ1) is 14.7. The van der Waals surface area contributed by atoms with Crippen molar-refractivity contribution in [1.29, 1.82) is 0 Å². The molecule has 0 spiro atoms. The number of Topliss-reactive ketones (excluding diaryl/α,β-unsaturated/α-hetero) is 1. The van der Waals surface area contributed by atoms with Gasteiger partial charge in [-0.1, -0.05) is 23.2 Å². The third-order valence-corrected chi connectivity index (χ3v) is 3.54. The van der Waals surface area contributed by atoms with E-state index in [9.17, 15) is 4.79 Å². The lowest BCUT2D eigenvalue weighted by molar-refractivity contribution is 0.0868. The summed E-state index contributed by atoms with van der Waals surface area (Å²) >= 11 is 11.7. The molecule has 0 bridgehead atoms. The van der Waals surface area contributed by atoms with Gasteiger partial charge in [-0.15, -0.1) is 0 Å². The number of carbonyl (C=O) groups excluding carboxylic acids is 1. The van der Waals surface area contributed by atoms with E-state index in [1.54, 1.807) is 18.2 Å². The topological polar surface area (TPSA) is 47.6 Å². The predicted molar refractivity (Wildman–Crippen MR) is 76.1 cm³/mol. The van der Waals surface area contributed by atoms with E-state index in [0.29, 0.717) is 28.8 Å². The van der Waals surface area contributed by atoms with Crippen molar-refractivity contribution in [2.75, 3.05) is 33.6 Å². The van der Waals surface area contributed by atoms with E-state index in [4.69, 9.17) is 23.2 Å². The van der Waals surface area contributed by atoms with Crippen molar-refractivity contribution in [3.05, 3.63) is 33.8 Å². The monoisotopic (exact) mass is 302 g/mol. The number of halogens is 2. The smallest absolute Gasteiger partial charge is 0.176 e. The zero-order valence-corrected chi connectivity index (χ0v) is 12.1. The molecule has 1 saturated heterocycles. The summed E-state index contributed by atoms with van der Waals surface area (Å²) in [5.41, 5.74) is 3.73. The van der Waals surface area contributed by atoms with Gasteiger partial charge < -0.3 is 0 Å². The number of nitrogens with one attached hydrogen (secondary N) is 2. The summed E-state index contributed by atoms with van der Waals surface area (Å²) in [6.45, 7) is 2.52. The van der Waals surface area contributed by atoms with Crippen LogP contribution in [0.4, 0.5) is 0 Å². The molecule has 1 heterocycles. The molecule has 1 aromatic rings. The van der Waals surface area contributed by atoms with Crippen LogP contribution in [0, 0.1) is 0 Å². The molecule has 0 radical (unpaired) electrons. The van der Waals surface area contributed by atoms with Gasteiger partial charge in [-0.3, -0.25) is 15.0 Å². The highest BCUT2D eigenvalue weighted by molar-refractivity contribution is 6.42. The Hall–Kier alpha value is -0.690. The summed E-state index contributed by atoms with van der Waals surface area (Å²) in [5, 5.41) is 6.01. The Morgan fingerprint density at radius 1 is 1.42 bits per heavy atom. The molecule has 2 N–H and O–H groups in total. The fourth-order valence-corrected chi connectivity index (χ4v) is 2.16. The van der Waals surface area contributed by atoms with Crippen molar-refractivity contribution in [2.45, 2.75) is 0 Å². The number of hydrogen-bond donors (Lipinski definition) is 2. The Bertz CT molecular complexity index is 463. The van der Waals surface area contributed by atoms with Crippen LogP contribution >= 0.6 is 23.2 Å². The Morgan fingerprint density at radius 2 is 2.21 bits per heavy atom. The molecule has 2 rings (SSSR count). The van der Waals surface area contributed by atoms with Gasteiger partial charge in [-0.05, 0) is 25.2 Å². The third kappa shape index (κ3) is 4.14. The molecule has 1 aliphatic rings. The molecule has 0 amide bonds. The van der Waals surface area contributed by atoms with E-state index in [1.807, 2.05) is 17.0 Å².